The number of hydrogen-bond donors (Lipinski definition) is 2. The Bertz CT molecular complexity index is 447. The summed E-state index contributed by atoms with van der Waals surface area (Å²) in [6.45, 7) is -0.168. The minimum Gasteiger partial charge on any atom is -0.493 e. The highest BCUT2D eigenvalue weighted by Crippen LogP contribution is 2.29. The molecule has 2 rings (SSSR count). The lowest BCUT2D eigenvalue weighted by Gasteiger charge is -2.11. The van der Waals surface area contributed by atoms with E-state index in [1.54, 1.807) is 6.07 Å². The molecule has 0 atom stereocenters. The van der Waals surface area contributed by atoms with E-state index in [0.29, 0.717) is 17.8 Å². The summed E-state index contributed by atoms with van der Waals surface area (Å²) in [6, 6.07) is 3.21. The Kier molecular flexibility index (Phi) is 3.21. The Morgan fingerprint density at radius 1 is 1.53 bits per heavy atom. The fourth-order valence-electron chi connectivity index (χ4n) is 1.64. The number of hydrogen-bond acceptors (Lipinski definition) is 5. The summed E-state index contributed by atoms with van der Waals surface area (Å²) in [5, 5.41) is 18.1. The van der Waals surface area contributed by atoms with Gasteiger partial charge in [-0.15, -0.1) is 0 Å². The van der Waals surface area contributed by atoms with Gasteiger partial charge in [-0.1, -0.05) is 0 Å². The zero-order chi connectivity index (χ0) is 12.4. The molecular weight excluding hydrogens is 227 g/mol. The third-order valence-corrected chi connectivity index (χ3v) is 2.44. The average molecular weight is 238 g/mol. The summed E-state index contributed by atoms with van der Waals surface area (Å²) in [5.74, 6) is -0.384. The molecule has 0 saturated carbocycles. The fraction of sp³-hybridized carbons (Fsp3) is 0.300. The van der Waals surface area contributed by atoms with Crippen LogP contribution in [0, 0.1) is 0 Å². The van der Waals surface area contributed by atoms with Crippen LogP contribution in [0.25, 0.3) is 0 Å². The van der Waals surface area contributed by atoms with Gasteiger partial charge in [0.05, 0.1) is 13.7 Å². The molecule has 0 aliphatic carbocycles. The summed E-state index contributed by atoms with van der Waals surface area (Å²) in [4.78, 5) is 10.4. The number of ether oxygens (including phenoxy) is 2. The average Bonchev–Trinajstić information content (AvgIpc) is 2.66. The molecule has 1 aliphatic rings. The van der Waals surface area contributed by atoms with Crippen molar-refractivity contribution in [3.05, 3.63) is 17.7 Å². The minimum absolute atomic E-state index is 0.276. The van der Waals surface area contributed by atoms with Crippen molar-refractivity contribution in [2.75, 3.05) is 13.7 Å². The van der Waals surface area contributed by atoms with Gasteiger partial charge in [0.2, 0.25) is 0 Å². The van der Waals surface area contributed by atoms with Crippen molar-refractivity contribution in [1.82, 2.24) is 0 Å². The van der Waals surface area contributed by atoms with E-state index in [-0.39, 0.29) is 5.75 Å². The number of rotatable bonds is 4. The normalized spacial score (nSPS) is 13.4. The number of fused-ring (bicyclic) bond motifs is 1. The smallest absolute Gasteiger partial charge is 0.491 e. The van der Waals surface area contributed by atoms with E-state index in [4.69, 9.17) is 19.2 Å². The molecular formula is C10H11BO6. The Morgan fingerprint density at radius 3 is 2.94 bits per heavy atom. The second-order valence-corrected chi connectivity index (χ2v) is 3.55. The first-order valence-electron chi connectivity index (χ1n) is 4.97. The highest BCUT2D eigenvalue weighted by molar-refractivity contribution is 6.61. The number of methoxy groups -OCH3 is 1. The molecule has 1 heterocycles. The first-order valence-corrected chi connectivity index (χ1v) is 4.97. The number of benzene rings is 1. The standard InChI is InChI=1S/C10H11BO6/c1-15-8-2-6-4-17-11(14)7(6)3-9(8)16-5-10(12)13/h2-3,14H,4-5H2,1H3,(H,12,13). The van der Waals surface area contributed by atoms with Gasteiger partial charge in [0.15, 0.2) is 18.1 Å². The maximum atomic E-state index is 10.4. The number of carboxylic acids is 1. The van der Waals surface area contributed by atoms with Crippen LogP contribution in [0.2, 0.25) is 0 Å². The van der Waals surface area contributed by atoms with Gasteiger partial charge in [-0.2, -0.15) is 0 Å². The van der Waals surface area contributed by atoms with Gasteiger partial charge in [0.1, 0.15) is 0 Å². The predicted octanol–water partition coefficient (Wildman–Crippen LogP) is -0.624. The Hall–Kier alpha value is -1.73. The molecule has 1 aliphatic heterocycles. The molecule has 0 spiro atoms. The molecule has 0 radical (unpaired) electrons. The van der Waals surface area contributed by atoms with Gasteiger partial charge in [-0.05, 0) is 23.2 Å². The number of aliphatic carboxylic acids is 1. The number of carboxylic acid groups (broad SMARTS) is 1. The zero-order valence-electron chi connectivity index (χ0n) is 9.17. The molecule has 1 aromatic carbocycles. The summed E-state index contributed by atoms with van der Waals surface area (Å²) in [6.07, 6.45) is 0. The van der Waals surface area contributed by atoms with Crippen LogP contribution in [-0.2, 0) is 16.1 Å². The van der Waals surface area contributed by atoms with E-state index in [1.807, 2.05) is 0 Å². The first kappa shape index (κ1) is 11.8. The SMILES string of the molecule is COc1cc2c(cc1OCC(=O)O)B(O)OC2. The van der Waals surface area contributed by atoms with Crippen LogP contribution in [0.15, 0.2) is 12.1 Å². The lowest BCUT2D eigenvalue weighted by molar-refractivity contribution is -0.139. The fourth-order valence-corrected chi connectivity index (χ4v) is 1.64. The summed E-state index contributed by atoms with van der Waals surface area (Å²) in [5.41, 5.74) is 1.38. The molecule has 17 heavy (non-hydrogen) atoms. The van der Waals surface area contributed by atoms with Crippen molar-refractivity contribution < 1.29 is 29.1 Å². The molecule has 90 valence electrons. The first-order chi connectivity index (χ1) is 8.11. The maximum Gasteiger partial charge on any atom is 0.491 e. The van der Waals surface area contributed by atoms with E-state index in [9.17, 15) is 9.82 Å². The predicted molar refractivity (Wildman–Crippen MR) is 58.5 cm³/mol. The molecule has 0 fully saturated rings. The van der Waals surface area contributed by atoms with Crippen LogP contribution in [0.5, 0.6) is 11.5 Å². The van der Waals surface area contributed by atoms with Crippen LogP contribution < -0.4 is 14.9 Å². The molecule has 1 aromatic rings. The Labute approximate surface area is 97.9 Å². The van der Waals surface area contributed by atoms with Crippen molar-refractivity contribution in [1.29, 1.82) is 0 Å². The Morgan fingerprint density at radius 2 is 2.29 bits per heavy atom. The van der Waals surface area contributed by atoms with Crippen LogP contribution in [0.3, 0.4) is 0 Å². The second kappa shape index (κ2) is 4.64. The van der Waals surface area contributed by atoms with E-state index in [1.165, 1.54) is 13.2 Å². The molecule has 7 heteroatoms. The number of carbonyl (C=O) groups is 1. The van der Waals surface area contributed by atoms with E-state index < -0.39 is 19.7 Å². The molecule has 0 aromatic heterocycles. The van der Waals surface area contributed by atoms with Gasteiger partial charge in [-0.25, -0.2) is 4.79 Å². The van der Waals surface area contributed by atoms with Crippen molar-refractivity contribution in [2.45, 2.75) is 6.61 Å². The van der Waals surface area contributed by atoms with Crippen LogP contribution in [0.1, 0.15) is 5.56 Å². The second-order valence-electron chi connectivity index (χ2n) is 3.55. The third-order valence-electron chi connectivity index (χ3n) is 2.44. The third kappa shape index (κ3) is 2.35. The summed E-state index contributed by atoms with van der Waals surface area (Å²) >= 11 is 0. The molecule has 0 amide bonds. The van der Waals surface area contributed by atoms with Crippen molar-refractivity contribution in [3.8, 4) is 11.5 Å². The highest BCUT2D eigenvalue weighted by Gasteiger charge is 2.29. The van der Waals surface area contributed by atoms with Crippen LogP contribution in [0.4, 0.5) is 0 Å². The van der Waals surface area contributed by atoms with Crippen molar-refractivity contribution in [2.24, 2.45) is 0 Å². The quantitative estimate of drug-likeness (QED) is 0.679. The lowest BCUT2D eigenvalue weighted by atomic mass is 9.79. The minimum atomic E-state index is -1.08. The zero-order valence-corrected chi connectivity index (χ0v) is 9.17. The largest absolute Gasteiger partial charge is 0.493 e. The topological polar surface area (TPSA) is 85.2 Å². The van der Waals surface area contributed by atoms with Crippen LogP contribution >= 0.6 is 0 Å². The maximum absolute atomic E-state index is 10.4. The monoisotopic (exact) mass is 238 g/mol. The van der Waals surface area contributed by atoms with Crippen molar-refractivity contribution >= 4 is 18.6 Å². The molecule has 0 unspecified atom stereocenters. The van der Waals surface area contributed by atoms with Gasteiger partial charge in [0.25, 0.3) is 0 Å². The molecule has 0 saturated heterocycles. The summed E-state index contributed by atoms with van der Waals surface area (Å²) < 4.78 is 15.2. The van der Waals surface area contributed by atoms with E-state index >= 15 is 0 Å². The molecule has 0 bridgehead atoms. The van der Waals surface area contributed by atoms with Gasteiger partial charge in [0, 0.05) is 0 Å². The van der Waals surface area contributed by atoms with E-state index in [0.717, 1.165) is 5.56 Å². The molecule has 6 nitrogen and oxygen atoms in total. The lowest BCUT2D eigenvalue weighted by Crippen LogP contribution is -2.28. The highest BCUT2D eigenvalue weighted by atomic mass is 16.5. The van der Waals surface area contributed by atoms with E-state index in [2.05, 4.69) is 0 Å². The van der Waals surface area contributed by atoms with Gasteiger partial charge >= 0.3 is 13.1 Å². The molecule has 2 N–H and O–H groups in total. The van der Waals surface area contributed by atoms with Crippen LogP contribution in [-0.4, -0.2) is 36.9 Å². The van der Waals surface area contributed by atoms with Crippen molar-refractivity contribution in [3.63, 3.8) is 0 Å². The Balaban J connectivity index is 2.30. The summed E-state index contributed by atoms with van der Waals surface area (Å²) in [7, 11) is 0.463. The van der Waals surface area contributed by atoms with Gasteiger partial charge < -0.3 is 24.3 Å². The van der Waals surface area contributed by atoms with Gasteiger partial charge in [-0.3, -0.25) is 0 Å².